The molecule has 182 valence electrons. The van der Waals surface area contributed by atoms with Gasteiger partial charge in [0, 0.05) is 44.6 Å². The van der Waals surface area contributed by atoms with Crippen molar-refractivity contribution in [2.75, 3.05) is 49.2 Å². The second kappa shape index (κ2) is 9.85. The number of thiazole rings is 1. The molecule has 8 nitrogen and oxygen atoms in total. The molecule has 35 heavy (non-hydrogen) atoms. The van der Waals surface area contributed by atoms with E-state index in [1.807, 2.05) is 6.92 Å². The first kappa shape index (κ1) is 23.6. The Bertz CT molecular complexity index is 1240. The monoisotopic (exact) mass is 492 g/mol. The molecule has 0 unspecified atom stereocenters. The molecule has 1 aromatic heterocycles. The molecule has 0 spiro atoms. The number of amides is 3. The fourth-order valence-electron chi connectivity index (χ4n) is 4.51. The van der Waals surface area contributed by atoms with Crippen molar-refractivity contribution in [3.63, 3.8) is 0 Å². The first-order valence-corrected chi connectivity index (χ1v) is 12.7. The fourth-order valence-corrected chi connectivity index (χ4v) is 5.65. The van der Waals surface area contributed by atoms with Gasteiger partial charge >= 0.3 is 0 Å². The fraction of sp³-hybridized carbons (Fsp3) is 0.385. The van der Waals surface area contributed by atoms with Crippen LogP contribution in [-0.2, 0) is 14.3 Å². The predicted molar refractivity (Wildman–Crippen MR) is 136 cm³/mol. The molecule has 3 aromatic rings. The molecule has 0 aliphatic carbocycles. The molecular weight excluding hydrogens is 464 g/mol. The molecule has 0 bridgehead atoms. The lowest BCUT2D eigenvalue weighted by Gasteiger charge is -2.29. The molecule has 2 aliphatic heterocycles. The van der Waals surface area contributed by atoms with Gasteiger partial charge in [0.25, 0.3) is 5.91 Å². The maximum atomic E-state index is 13.9. The van der Waals surface area contributed by atoms with Gasteiger partial charge in [0.05, 0.1) is 29.1 Å². The van der Waals surface area contributed by atoms with E-state index in [1.54, 1.807) is 29.2 Å². The number of hydrogen-bond donors (Lipinski definition) is 0. The van der Waals surface area contributed by atoms with E-state index < -0.39 is 0 Å². The molecule has 0 atom stereocenters. The van der Waals surface area contributed by atoms with Crippen LogP contribution in [0.15, 0.2) is 36.4 Å². The van der Waals surface area contributed by atoms with Gasteiger partial charge in [-0.2, -0.15) is 0 Å². The van der Waals surface area contributed by atoms with Gasteiger partial charge in [-0.3, -0.25) is 29.1 Å². The van der Waals surface area contributed by atoms with Crippen molar-refractivity contribution >= 4 is 50.1 Å². The molecule has 0 radical (unpaired) electrons. The van der Waals surface area contributed by atoms with Gasteiger partial charge in [-0.1, -0.05) is 29.5 Å². The Morgan fingerprint density at radius 2 is 1.77 bits per heavy atom. The standard InChI is InChI=1S/C26H28N4O4S/c1-17-6-7-18(2)24-23(17)27-26(35-24)29(11-10-28-12-14-34-15-13-28)25(33)19-4-3-5-20(16-19)30-21(31)8-9-22(30)32/h3-7,16H,8-15H2,1-2H3. The van der Waals surface area contributed by atoms with Crippen molar-refractivity contribution in [1.82, 2.24) is 9.88 Å². The van der Waals surface area contributed by atoms with Crippen molar-refractivity contribution in [3.8, 4) is 0 Å². The van der Waals surface area contributed by atoms with Crippen LogP contribution in [0.1, 0.15) is 34.3 Å². The summed E-state index contributed by atoms with van der Waals surface area (Å²) < 4.78 is 6.54. The summed E-state index contributed by atoms with van der Waals surface area (Å²) in [5.74, 6) is -0.671. The zero-order valence-electron chi connectivity index (χ0n) is 20.0. The second-order valence-electron chi connectivity index (χ2n) is 8.96. The van der Waals surface area contributed by atoms with Crippen LogP contribution in [0, 0.1) is 13.8 Å². The van der Waals surface area contributed by atoms with Gasteiger partial charge in [0.15, 0.2) is 5.13 Å². The number of benzene rings is 2. The minimum atomic E-state index is -0.235. The summed E-state index contributed by atoms with van der Waals surface area (Å²) >= 11 is 1.52. The van der Waals surface area contributed by atoms with Crippen molar-refractivity contribution in [3.05, 3.63) is 53.1 Å². The highest BCUT2D eigenvalue weighted by atomic mass is 32.1. The predicted octanol–water partition coefficient (Wildman–Crippen LogP) is 3.55. The SMILES string of the molecule is Cc1ccc(C)c2sc(N(CCN3CCOCC3)C(=O)c3cccc(N4C(=O)CCC4=O)c3)nc12. The maximum Gasteiger partial charge on any atom is 0.260 e. The maximum absolute atomic E-state index is 13.9. The van der Waals surface area contributed by atoms with E-state index in [-0.39, 0.29) is 30.6 Å². The number of morpholine rings is 1. The normalized spacial score (nSPS) is 16.9. The number of anilines is 2. The quantitative estimate of drug-likeness (QED) is 0.490. The summed E-state index contributed by atoms with van der Waals surface area (Å²) in [7, 11) is 0. The molecule has 2 aliphatic rings. The van der Waals surface area contributed by atoms with E-state index in [0.717, 1.165) is 34.4 Å². The Hall–Kier alpha value is -3.14. The van der Waals surface area contributed by atoms with E-state index in [1.165, 1.54) is 16.2 Å². The number of ether oxygens (including phenoxy) is 1. The minimum absolute atomic E-state index is 0.200. The average Bonchev–Trinajstić information content (AvgIpc) is 3.46. The summed E-state index contributed by atoms with van der Waals surface area (Å²) in [5.41, 5.74) is 3.97. The lowest BCUT2D eigenvalue weighted by atomic mass is 10.1. The van der Waals surface area contributed by atoms with Gasteiger partial charge in [-0.25, -0.2) is 4.98 Å². The highest BCUT2D eigenvalue weighted by Gasteiger charge is 2.31. The highest BCUT2D eigenvalue weighted by molar-refractivity contribution is 7.22. The Morgan fingerprint density at radius 3 is 2.49 bits per heavy atom. The molecule has 3 heterocycles. The van der Waals surface area contributed by atoms with Gasteiger partial charge in [0.1, 0.15) is 0 Å². The van der Waals surface area contributed by atoms with Gasteiger partial charge < -0.3 is 4.74 Å². The topological polar surface area (TPSA) is 83.0 Å². The first-order chi connectivity index (χ1) is 16.9. The third kappa shape index (κ3) is 4.71. The highest BCUT2D eigenvalue weighted by Crippen LogP contribution is 2.34. The smallest absolute Gasteiger partial charge is 0.260 e. The van der Waals surface area contributed by atoms with E-state index in [4.69, 9.17) is 9.72 Å². The van der Waals surface area contributed by atoms with Crippen molar-refractivity contribution < 1.29 is 19.1 Å². The summed E-state index contributed by atoms with van der Waals surface area (Å²) in [5, 5.41) is 0.648. The number of imide groups is 1. The molecule has 2 fully saturated rings. The molecular formula is C26H28N4O4S. The van der Waals surface area contributed by atoms with Crippen molar-refractivity contribution in [2.24, 2.45) is 0 Å². The van der Waals surface area contributed by atoms with Gasteiger partial charge in [-0.15, -0.1) is 0 Å². The van der Waals surface area contributed by atoms with Crippen molar-refractivity contribution in [1.29, 1.82) is 0 Å². The third-order valence-electron chi connectivity index (χ3n) is 6.55. The number of carbonyl (C=O) groups excluding carboxylic acids is 3. The van der Waals surface area contributed by atoms with Gasteiger partial charge in [0.2, 0.25) is 11.8 Å². The Labute approximate surface area is 208 Å². The molecule has 0 N–H and O–H groups in total. The number of hydrogen-bond acceptors (Lipinski definition) is 7. The van der Waals surface area contributed by atoms with Gasteiger partial charge in [-0.05, 0) is 43.2 Å². The van der Waals surface area contributed by atoms with Crippen LogP contribution in [0.4, 0.5) is 10.8 Å². The summed E-state index contributed by atoms with van der Waals surface area (Å²) in [6, 6.07) is 10.9. The number of fused-ring (bicyclic) bond motifs is 1. The third-order valence-corrected chi connectivity index (χ3v) is 7.77. The lowest BCUT2D eigenvalue weighted by molar-refractivity contribution is -0.121. The molecule has 0 saturated carbocycles. The zero-order valence-corrected chi connectivity index (χ0v) is 20.8. The number of nitrogens with zero attached hydrogens (tertiary/aromatic N) is 4. The Kier molecular flexibility index (Phi) is 6.64. The van der Waals surface area contributed by atoms with Crippen LogP contribution in [0.5, 0.6) is 0 Å². The number of rotatable bonds is 6. The minimum Gasteiger partial charge on any atom is -0.379 e. The molecule has 2 saturated heterocycles. The van der Waals surface area contributed by atoms with E-state index >= 15 is 0 Å². The number of aryl methyl sites for hydroxylation is 2. The first-order valence-electron chi connectivity index (χ1n) is 11.9. The van der Waals surface area contributed by atoms with Crippen molar-refractivity contribution in [2.45, 2.75) is 26.7 Å². The number of carbonyl (C=O) groups is 3. The van der Waals surface area contributed by atoms with E-state index in [9.17, 15) is 14.4 Å². The second-order valence-corrected chi connectivity index (χ2v) is 9.94. The lowest BCUT2D eigenvalue weighted by Crippen LogP contribution is -2.43. The molecule has 9 heteroatoms. The van der Waals surface area contributed by atoms with Crippen LogP contribution in [0.25, 0.3) is 10.2 Å². The average molecular weight is 493 g/mol. The van der Waals surface area contributed by atoms with Crippen LogP contribution < -0.4 is 9.80 Å². The van der Waals surface area contributed by atoms with E-state index in [0.29, 0.717) is 42.7 Å². The van der Waals surface area contributed by atoms with Crippen LogP contribution in [-0.4, -0.2) is 67.0 Å². The summed E-state index contributed by atoms with van der Waals surface area (Å²) in [4.78, 5) is 48.4. The van der Waals surface area contributed by atoms with Crippen LogP contribution >= 0.6 is 11.3 Å². The largest absolute Gasteiger partial charge is 0.379 e. The summed E-state index contributed by atoms with van der Waals surface area (Å²) in [6.07, 6.45) is 0.403. The molecule has 2 aromatic carbocycles. The van der Waals surface area contributed by atoms with E-state index in [2.05, 4.69) is 24.0 Å². The van der Waals surface area contributed by atoms with Crippen LogP contribution in [0.3, 0.4) is 0 Å². The molecule has 5 rings (SSSR count). The number of aromatic nitrogens is 1. The Balaban J connectivity index is 1.49. The zero-order chi connectivity index (χ0) is 24.5. The summed E-state index contributed by atoms with van der Waals surface area (Å²) in [6.45, 7) is 8.29. The Morgan fingerprint density at radius 1 is 1.06 bits per heavy atom. The molecule has 3 amide bonds. The van der Waals surface area contributed by atoms with Crippen LogP contribution in [0.2, 0.25) is 0 Å².